The van der Waals surface area contributed by atoms with Gasteiger partial charge in [0.05, 0.1) is 6.61 Å². The Balaban J connectivity index is 2.53. The minimum Gasteiger partial charge on any atom is -0.465 e. The molecule has 0 aliphatic rings. The number of pyridine rings is 1. The molecule has 18 heavy (non-hydrogen) atoms. The molecular formula is C13H20N2O2S. The molecule has 1 atom stereocenters. The van der Waals surface area contributed by atoms with Crippen molar-refractivity contribution in [2.75, 3.05) is 12.4 Å². The van der Waals surface area contributed by atoms with E-state index >= 15 is 0 Å². The Morgan fingerprint density at radius 1 is 1.44 bits per heavy atom. The van der Waals surface area contributed by atoms with Gasteiger partial charge < -0.3 is 10.1 Å². The number of esters is 1. The first-order chi connectivity index (χ1) is 8.63. The topological polar surface area (TPSA) is 51.2 Å². The summed E-state index contributed by atoms with van der Waals surface area (Å²) >= 11 is 1.62. The van der Waals surface area contributed by atoms with E-state index in [2.05, 4.69) is 10.3 Å². The van der Waals surface area contributed by atoms with Gasteiger partial charge in [0.15, 0.2) is 0 Å². The van der Waals surface area contributed by atoms with E-state index in [4.69, 9.17) is 4.74 Å². The molecule has 0 saturated heterocycles. The summed E-state index contributed by atoms with van der Waals surface area (Å²) in [6.45, 7) is 6.27. The summed E-state index contributed by atoms with van der Waals surface area (Å²) < 4.78 is 5.07. The molecule has 1 heterocycles. The van der Waals surface area contributed by atoms with E-state index in [9.17, 15) is 4.79 Å². The highest BCUT2D eigenvalue weighted by Crippen LogP contribution is 2.17. The summed E-state index contributed by atoms with van der Waals surface area (Å²) in [5.41, 5.74) is 0. The maximum atomic E-state index is 11.8. The lowest BCUT2D eigenvalue weighted by Gasteiger charge is -2.19. The minimum atomic E-state index is -0.275. The van der Waals surface area contributed by atoms with Gasteiger partial charge in [-0.15, -0.1) is 11.8 Å². The molecule has 0 bridgehead atoms. The number of ether oxygens (including phenoxy) is 1. The molecular weight excluding hydrogens is 248 g/mol. The fraction of sp³-hybridized carbons (Fsp3) is 0.538. The minimum absolute atomic E-state index is 0.187. The van der Waals surface area contributed by atoms with Crippen LogP contribution in [-0.4, -0.2) is 35.4 Å². The van der Waals surface area contributed by atoms with Crippen LogP contribution >= 0.6 is 11.8 Å². The van der Waals surface area contributed by atoms with Crippen molar-refractivity contribution >= 4 is 17.7 Å². The zero-order chi connectivity index (χ0) is 13.4. The molecule has 100 valence electrons. The van der Waals surface area contributed by atoms with E-state index in [0.717, 1.165) is 4.90 Å². The predicted octanol–water partition coefficient (Wildman–Crippen LogP) is 2.10. The van der Waals surface area contributed by atoms with Crippen molar-refractivity contribution in [1.82, 2.24) is 10.3 Å². The van der Waals surface area contributed by atoms with Crippen molar-refractivity contribution < 1.29 is 9.53 Å². The molecule has 0 saturated carbocycles. The second-order valence-corrected chi connectivity index (χ2v) is 5.21. The van der Waals surface area contributed by atoms with Crippen LogP contribution in [0, 0.1) is 0 Å². The van der Waals surface area contributed by atoms with Gasteiger partial charge in [0.1, 0.15) is 6.04 Å². The number of nitrogens with one attached hydrogen (secondary N) is 1. The summed E-state index contributed by atoms with van der Waals surface area (Å²) in [5, 5.41) is 3.22. The van der Waals surface area contributed by atoms with Gasteiger partial charge >= 0.3 is 5.97 Å². The standard InChI is InChI=1S/C13H20N2O2S/c1-4-17-13(16)12(15-10(2)3)9-18-11-5-7-14-8-6-11/h5-8,10,12,15H,4,9H2,1-3H3. The Bertz CT molecular complexity index is 357. The Morgan fingerprint density at radius 3 is 2.67 bits per heavy atom. The number of hydrogen-bond donors (Lipinski definition) is 1. The van der Waals surface area contributed by atoms with Crippen molar-refractivity contribution in [1.29, 1.82) is 0 Å². The number of carbonyl (C=O) groups is 1. The van der Waals surface area contributed by atoms with Crippen LogP contribution in [0.1, 0.15) is 20.8 Å². The van der Waals surface area contributed by atoms with Crippen molar-refractivity contribution in [3.8, 4) is 0 Å². The number of aromatic nitrogens is 1. The van der Waals surface area contributed by atoms with Crippen LogP contribution in [0.15, 0.2) is 29.4 Å². The van der Waals surface area contributed by atoms with E-state index in [1.807, 2.05) is 32.9 Å². The Morgan fingerprint density at radius 2 is 2.11 bits per heavy atom. The first-order valence-electron chi connectivity index (χ1n) is 6.09. The van der Waals surface area contributed by atoms with Gasteiger partial charge in [-0.25, -0.2) is 0 Å². The number of nitrogens with zero attached hydrogens (tertiary/aromatic N) is 1. The van der Waals surface area contributed by atoms with Crippen molar-refractivity contribution in [2.45, 2.75) is 37.8 Å². The summed E-state index contributed by atoms with van der Waals surface area (Å²) in [7, 11) is 0. The third-order valence-electron chi connectivity index (χ3n) is 2.17. The van der Waals surface area contributed by atoms with Gasteiger partial charge in [0.2, 0.25) is 0 Å². The number of hydrogen-bond acceptors (Lipinski definition) is 5. The summed E-state index contributed by atoms with van der Waals surface area (Å²) in [6.07, 6.45) is 3.50. The zero-order valence-electron chi connectivity index (χ0n) is 11.1. The lowest BCUT2D eigenvalue weighted by Crippen LogP contribution is -2.43. The molecule has 1 aromatic heterocycles. The van der Waals surface area contributed by atoms with Crippen molar-refractivity contribution in [3.05, 3.63) is 24.5 Å². The molecule has 1 rings (SSSR count). The first-order valence-corrected chi connectivity index (χ1v) is 7.07. The van der Waals surface area contributed by atoms with Crippen molar-refractivity contribution in [2.24, 2.45) is 0 Å². The van der Waals surface area contributed by atoms with E-state index < -0.39 is 0 Å². The molecule has 1 aromatic rings. The monoisotopic (exact) mass is 268 g/mol. The highest BCUT2D eigenvalue weighted by Gasteiger charge is 2.20. The van der Waals surface area contributed by atoms with E-state index in [1.165, 1.54) is 0 Å². The molecule has 1 N–H and O–H groups in total. The fourth-order valence-electron chi connectivity index (χ4n) is 1.44. The first kappa shape index (κ1) is 15.0. The normalized spacial score (nSPS) is 12.4. The van der Waals surface area contributed by atoms with Crippen LogP contribution in [-0.2, 0) is 9.53 Å². The molecule has 5 heteroatoms. The highest BCUT2D eigenvalue weighted by molar-refractivity contribution is 7.99. The van der Waals surface area contributed by atoms with Gasteiger partial charge in [0.25, 0.3) is 0 Å². The van der Waals surface area contributed by atoms with Gasteiger partial charge in [-0.2, -0.15) is 0 Å². The van der Waals surface area contributed by atoms with Gasteiger partial charge in [-0.05, 0) is 19.1 Å². The molecule has 0 aliphatic heterocycles. The lowest BCUT2D eigenvalue weighted by molar-refractivity contribution is -0.145. The number of carbonyl (C=O) groups excluding carboxylic acids is 1. The molecule has 4 nitrogen and oxygen atoms in total. The summed E-state index contributed by atoms with van der Waals surface area (Å²) in [5.74, 6) is 0.467. The second-order valence-electron chi connectivity index (χ2n) is 4.12. The van der Waals surface area contributed by atoms with Crippen LogP contribution in [0.25, 0.3) is 0 Å². The third kappa shape index (κ3) is 5.51. The average Bonchev–Trinajstić information content (AvgIpc) is 2.35. The van der Waals surface area contributed by atoms with Gasteiger partial charge in [0, 0.05) is 29.1 Å². The van der Waals surface area contributed by atoms with Gasteiger partial charge in [-0.3, -0.25) is 9.78 Å². The predicted molar refractivity (Wildman–Crippen MR) is 73.7 cm³/mol. The van der Waals surface area contributed by atoms with Gasteiger partial charge in [-0.1, -0.05) is 13.8 Å². The maximum Gasteiger partial charge on any atom is 0.324 e. The number of rotatable bonds is 7. The molecule has 0 aliphatic carbocycles. The van der Waals surface area contributed by atoms with Crippen molar-refractivity contribution in [3.63, 3.8) is 0 Å². The number of thioether (sulfide) groups is 1. The van der Waals surface area contributed by atoms with Crippen LogP contribution < -0.4 is 5.32 Å². The maximum absolute atomic E-state index is 11.8. The molecule has 0 radical (unpaired) electrons. The lowest BCUT2D eigenvalue weighted by atomic mass is 10.3. The summed E-state index contributed by atoms with van der Waals surface area (Å²) in [6, 6.07) is 3.84. The van der Waals surface area contributed by atoms with Crippen LogP contribution in [0.4, 0.5) is 0 Å². The quantitative estimate of drug-likeness (QED) is 0.606. The zero-order valence-corrected chi connectivity index (χ0v) is 11.9. The second kappa shape index (κ2) is 8.11. The van der Waals surface area contributed by atoms with Crippen LogP contribution in [0.3, 0.4) is 0 Å². The van der Waals surface area contributed by atoms with E-state index in [-0.39, 0.29) is 18.1 Å². The SMILES string of the molecule is CCOC(=O)C(CSc1ccncc1)NC(C)C. The molecule has 0 aromatic carbocycles. The molecule has 0 spiro atoms. The Labute approximate surface area is 113 Å². The average molecular weight is 268 g/mol. The molecule has 0 fully saturated rings. The van der Waals surface area contributed by atoms with E-state index in [0.29, 0.717) is 12.4 Å². The smallest absolute Gasteiger partial charge is 0.324 e. The molecule has 1 unspecified atom stereocenters. The Kier molecular flexibility index (Phi) is 6.75. The van der Waals surface area contributed by atoms with E-state index in [1.54, 1.807) is 24.2 Å². The van der Waals surface area contributed by atoms with Crippen LogP contribution in [0.2, 0.25) is 0 Å². The highest BCUT2D eigenvalue weighted by atomic mass is 32.2. The molecule has 0 amide bonds. The van der Waals surface area contributed by atoms with Crippen LogP contribution in [0.5, 0.6) is 0 Å². The third-order valence-corrected chi connectivity index (χ3v) is 3.28. The Hall–Kier alpha value is -1.07. The summed E-state index contributed by atoms with van der Waals surface area (Å²) in [4.78, 5) is 16.9. The largest absolute Gasteiger partial charge is 0.465 e. The fourth-order valence-corrected chi connectivity index (χ4v) is 2.35.